The molecule has 0 N–H and O–H groups in total. The Bertz CT molecular complexity index is 2370. The van der Waals surface area contributed by atoms with Crippen LogP contribution in [0.1, 0.15) is 0 Å². The summed E-state index contributed by atoms with van der Waals surface area (Å²) in [5.41, 5.74) is 7.28. The zero-order valence-electron chi connectivity index (χ0n) is 21.0. The predicted molar refractivity (Wildman–Crippen MR) is 168 cm³/mol. The Morgan fingerprint density at radius 3 is 1.62 bits per heavy atom. The number of hydrogen-bond donors (Lipinski definition) is 0. The number of nitrogens with zero attached hydrogens (tertiary/aromatic N) is 2. The summed E-state index contributed by atoms with van der Waals surface area (Å²) < 4.78 is 7.53. The van der Waals surface area contributed by atoms with E-state index in [0.717, 1.165) is 0 Å². The molecule has 0 aliphatic rings. The molecule has 6 aromatic carbocycles. The molecule has 0 radical (unpaired) electrons. The number of thiophene rings is 1. The summed E-state index contributed by atoms with van der Waals surface area (Å²) in [5.74, 6) is 0. The van der Waals surface area contributed by atoms with Crippen molar-refractivity contribution in [2.24, 2.45) is 0 Å². The second-order valence-electron chi connectivity index (χ2n) is 10.2. The van der Waals surface area contributed by atoms with Crippen LogP contribution in [0, 0.1) is 0 Å². The molecule has 3 heteroatoms. The number of aromatic nitrogens is 2. The van der Waals surface area contributed by atoms with E-state index in [4.69, 9.17) is 0 Å². The van der Waals surface area contributed by atoms with Crippen LogP contribution in [0.25, 0.3) is 75.2 Å². The molecular formula is C36H22N2S. The van der Waals surface area contributed by atoms with E-state index in [-0.39, 0.29) is 0 Å². The second-order valence-corrected chi connectivity index (χ2v) is 11.3. The highest BCUT2D eigenvalue weighted by Crippen LogP contribution is 2.43. The molecule has 182 valence electrons. The molecule has 3 aromatic heterocycles. The van der Waals surface area contributed by atoms with E-state index in [0.29, 0.717) is 0 Å². The summed E-state index contributed by atoms with van der Waals surface area (Å²) in [5, 5.41) is 7.80. The highest BCUT2D eigenvalue weighted by Gasteiger charge is 2.19. The van der Waals surface area contributed by atoms with E-state index in [1.807, 2.05) is 11.3 Å². The van der Waals surface area contributed by atoms with Crippen molar-refractivity contribution in [3.63, 3.8) is 0 Å². The highest BCUT2D eigenvalue weighted by atomic mass is 32.1. The second kappa shape index (κ2) is 7.83. The van der Waals surface area contributed by atoms with Gasteiger partial charge in [-0.2, -0.15) is 0 Å². The Labute approximate surface area is 228 Å². The zero-order valence-corrected chi connectivity index (χ0v) is 21.8. The van der Waals surface area contributed by atoms with Gasteiger partial charge in [0.25, 0.3) is 0 Å². The van der Waals surface area contributed by atoms with Gasteiger partial charge in [-0.3, -0.25) is 0 Å². The molecule has 0 fully saturated rings. The van der Waals surface area contributed by atoms with Crippen LogP contribution in [0.4, 0.5) is 0 Å². The smallest absolute Gasteiger partial charge is 0.0562 e. The lowest BCUT2D eigenvalue weighted by Crippen LogP contribution is -1.95. The molecule has 3 heterocycles. The van der Waals surface area contributed by atoms with Crippen molar-refractivity contribution >= 4 is 75.1 Å². The van der Waals surface area contributed by atoms with E-state index in [2.05, 4.69) is 143 Å². The van der Waals surface area contributed by atoms with Gasteiger partial charge in [-0.25, -0.2) is 0 Å². The van der Waals surface area contributed by atoms with Gasteiger partial charge in [-0.15, -0.1) is 11.3 Å². The minimum atomic E-state index is 1.18. The Morgan fingerprint density at radius 1 is 0.333 bits per heavy atom. The van der Waals surface area contributed by atoms with Crippen LogP contribution >= 0.6 is 11.3 Å². The number of para-hydroxylation sites is 3. The van der Waals surface area contributed by atoms with Gasteiger partial charge < -0.3 is 9.13 Å². The lowest BCUT2D eigenvalue weighted by molar-refractivity contribution is 1.17. The molecule has 0 amide bonds. The third kappa shape index (κ3) is 2.91. The fourth-order valence-electron chi connectivity index (χ4n) is 6.41. The fraction of sp³-hybridized carbons (Fsp3) is 0. The minimum Gasteiger partial charge on any atom is -0.309 e. The van der Waals surface area contributed by atoms with E-state index in [1.165, 1.54) is 75.2 Å². The third-order valence-electron chi connectivity index (χ3n) is 8.09. The van der Waals surface area contributed by atoms with Gasteiger partial charge >= 0.3 is 0 Å². The molecule has 0 saturated carbocycles. The predicted octanol–water partition coefficient (Wildman–Crippen LogP) is 10.2. The molecule has 9 rings (SSSR count). The quantitative estimate of drug-likeness (QED) is 0.217. The number of benzene rings is 6. The average Bonchev–Trinajstić information content (AvgIpc) is 3.62. The van der Waals surface area contributed by atoms with Gasteiger partial charge in [0.15, 0.2) is 0 Å². The molecule has 2 nitrogen and oxygen atoms in total. The molecule has 39 heavy (non-hydrogen) atoms. The average molecular weight is 515 g/mol. The maximum absolute atomic E-state index is 2.45. The van der Waals surface area contributed by atoms with Crippen molar-refractivity contribution in [2.45, 2.75) is 0 Å². The van der Waals surface area contributed by atoms with Crippen molar-refractivity contribution in [1.82, 2.24) is 9.13 Å². The Balaban J connectivity index is 1.50. The topological polar surface area (TPSA) is 9.86 Å². The SMILES string of the molecule is c1ccc(-n2c3ccccc3c3cc4c5cc6sc7ccccc7c6cc5n(-c5ccccc5)c4cc32)cc1. The lowest BCUT2D eigenvalue weighted by Gasteiger charge is -2.10. The first kappa shape index (κ1) is 21.1. The van der Waals surface area contributed by atoms with Gasteiger partial charge in [-0.1, -0.05) is 72.8 Å². The fourth-order valence-corrected chi connectivity index (χ4v) is 7.53. The van der Waals surface area contributed by atoms with Crippen molar-refractivity contribution in [3.8, 4) is 11.4 Å². The van der Waals surface area contributed by atoms with Crippen molar-refractivity contribution in [3.05, 3.63) is 133 Å². The van der Waals surface area contributed by atoms with Crippen LogP contribution < -0.4 is 0 Å². The number of fused-ring (bicyclic) bond motifs is 9. The van der Waals surface area contributed by atoms with Crippen molar-refractivity contribution in [1.29, 1.82) is 0 Å². The van der Waals surface area contributed by atoms with E-state index >= 15 is 0 Å². The number of hydrogen-bond acceptors (Lipinski definition) is 1. The van der Waals surface area contributed by atoms with Crippen LogP contribution in [-0.4, -0.2) is 9.13 Å². The van der Waals surface area contributed by atoms with E-state index in [1.54, 1.807) is 0 Å². The summed E-state index contributed by atoms with van der Waals surface area (Å²) in [6, 6.07) is 48.7. The van der Waals surface area contributed by atoms with E-state index in [9.17, 15) is 0 Å². The first-order valence-corrected chi connectivity index (χ1v) is 14.1. The van der Waals surface area contributed by atoms with Crippen LogP contribution in [0.5, 0.6) is 0 Å². The summed E-state index contributed by atoms with van der Waals surface area (Å²) in [6.07, 6.45) is 0. The normalized spacial score (nSPS) is 12.1. The molecular weight excluding hydrogens is 492 g/mol. The van der Waals surface area contributed by atoms with Crippen molar-refractivity contribution < 1.29 is 0 Å². The van der Waals surface area contributed by atoms with Crippen LogP contribution in [-0.2, 0) is 0 Å². The first-order valence-electron chi connectivity index (χ1n) is 13.3. The molecule has 0 aliphatic carbocycles. The molecule has 0 bridgehead atoms. The van der Waals surface area contributed by atoms with Gasteiger partial charge in [0, 0.05) is 53.1 Å². The molecule has 0 saturated heterocycles. The number of rotatable bonds is 2. The summed E-state index contributed by atoms with van der Waals surface area (Å²) in [4.78, 5) is 0. The maximum atomic E-state index is 2.45. The Kier molecular flexibility index (Phi) is 4.24. The Morgan fingerprint density at radius 2 is 0.872 bits per heavy atom. The van der Waals surface area contributed by atoms with Crippen LogP contribution in [0.3, 0.4) is 0 Å². The zero-order chi connectivity index (χ0) is 25.5. The monoisotopic (exact) mass is 514 g/mol. The minimum absolute atomic E-state index is 1.18. The molecule has 0 spiro atoms. The lowest BCUT2D eigenvalue weighted by atomic mass is 10.1. The van der Waals surface area contributed by atoms with Crippen LogP contribution in [0.2, 0.25) is 0 Å². The van der Waals surface area contributed by atoms with Gasteiger partial charge in [0.2, 0.25) is 0 Å². The standard InChI is InChI=1S/C36H22N2S/c1-3-11-23(12-4-1)37-31-17-9-7-15-25(31)27-19-28-29-21-36-30(26-16-8-10-18-35(26)39-36)20-32(29)38(34(28)22-33(27)37)24-13-5-2-6-14-24/h1-22H. The highest BCUT2D eigenvalue weighted by molar-refractivity contribution is 7.25. The summed E-state index contributed by atoms with van der Waals surface area (Å²) in [6.45, 7) is 0. The summed E-state index contributed by atoms with van der Waals surface area (Å²) >= 11 is 1.88. The molecule has 9 aromatic rings. The van der Waals surface area contributed by atoms with Crippen LogP contribution in [0.15, 0.2) is 133 Å². The van der Waals surface area contributed by atoms with E-state index < -0.39 is 0 Å². The Hall–Kier alpha value is -4.86. The third-order valence-corrected chi connectivity index (χ3v) is 9.22. The van der Waals surface area contributed by atoms with Gasteiger partial charge in [-0.05, 0) is 60.7 Å². The van der Waals surface area contributed by atoms with Gasteiger partial charge in [0.1, 0.15) is 0 Å². The summed E-state index contributed by atoms with van der Waals surface area (Å²) in [7, 11) is 0. The molecule has 0 atom stereocenters. The largest absolute Gasteiger partial charge is 0.309 e. The first-order chi connectivity index (χ1) is 19.3. The molecule has 0 unspecified atom stereocenters. The van der Waals surface area contributed by atoms with Gasteiger partial charge in [0.05, 0.1) is 22.1 Å². The molecule has 0 aliphatic heterocycles. The maximum Gasteiger partial charge on any atom is 0.0562 e. The van der Waals surface area contributed by atoms with Crippen molar-refractivity contribution in [2.75, 3.05) is 0 Å².